The maximum absolute atomic E-state index is 13.0. The molecule has 2 atom stereocenters. The topological polar surface area (TPSA) is 57.8 Å². The number of morpholine rings is 1. The standard InChI is InChI=1S/C23H33N3O3/c1-15(2)25-9-7-19(8-10-25)29-20-6-5-18-11-22(24-21(18)12-20)23(27)26-13-16(3)28-17(4)14-26/h5-6,11-12,15-17,19,24H,7-10,13-14H2,1-4H3. The molecule has 1 amide bonds. The summed E-state index contributed by atoms with van der Waals surface area (Å²) in [6.45, 7) is 11.9. The van der Waals surface area contributed by atoms with E-state index in [9.17, 15) is 4.79 Å². The van der Waals surface area contributed by atoms with Gasteiger partial charge in [-0.1, -0.05) is 0 Å². The summed E-state index contributed by atoms with van der Waals surface area (Å²) in [6.07, 6.45) is 2.49. The Morgan fingerprint density at radius 1 is 1.14 bits per heavy atom. The number of amides is 1. The number of carbonyl (C=O) groups is 1. The zero-order valence-electron chi connectivity index (χ0n) is 18.0. The molecule has 2 aliphatic rings. The maximum atomic E-state index is 13.0. The van der Waals surface area contributed by atoms with Crippen molar-refractivity contribution < 1.29 is 14.3 Å². The summed E-state index contributed by atoms with van der Waals surface area (Å²) in [5, 5.41) is 1.03. The number of carbonyl (C=O) groups excluding carboxylic acids is 1. The molecule has 3 heterocycles. The fourth-order valence-corrected chi connectivity index (χ4v) is 4.51. The van der Waals surface area contributed by atoms with Crippen LogP contribution in [0.2, 0.25) is 0 Å². The normalized spacial score (nSPS) is 24.4. The number of benzene rings is 1. The number of hydrogen-bond acceptors (Lipinski definition) is 4. The van der Waals surface area contributed by atoms with Gasteiger partial charge >= 0.3 is 0 Å². The maximum Gasteiger partial charge on any atom is 0.270 e. The third-order valence-electron chi connectivity index (χ3n) is 6.04. The van der Waals surface area contributed by atoms with Gasteiger partial charge in [-0.15, -0.1) is 0 Å². The van der Waals surface area contributed by atoms with Gasteiger partial charge in [0.2, 0.25) is 0 Å². The average Bonchev–Trinajstić information content (AvgIpc) is 3.10. The van der Waals surface area contributed by atoms with Crippen LogP contribution in [0, 0.1) is 0 Å². The number of piperidine rings is 1. The monoisotopic (exact) mass is 399 g/mol. The molecule has 0 aliphatic carbocycles. The Labute approximate surface area is 173 Å². The van der Waals surface area contributed by atoms with Crippen molar-refractivity contribution in [2.45, 2.75) is 64.9 Å². The van der Waals surface area contributed by atoms with E-state index >= 15 is 0 Å². The first-order valence-corrected chi connectivity index (χ1v) is 10.9. The molecule has 6 heteroatoms. The van der Waals surface area contributed by atoms with Crippen molar-refractivity contribution in [2.24, 2.45) is 0 Å². The summed E-state index contributed by atoms with van der Waals surface area (Å²) in [6, 6.07) is 8.60. The van der Waals surface area contributed by atoms with E-state index in [2.05, 4.69) is 23.7 Å². The summed E-state index contributed by atoms with van der Waals surface area (Å²) in [4.78, 5) is 20.6. The highest BCUT2D eigenvalue weighted by atomic mass is 16.5. The van der Waals surface area contributed by atoms with Crippen LogP contribution < -0.4 is 4.74 Å². The predicted octanol–water partition coefficient (Wildman–Crippen LogP) is 3.67. The lowest BCUT2D eigenvalue weighted by Gasteiger charge is -2.35. The second kappa shape index (κ2) is 8.36. The van der Waals surface area contributed by atoms with Crippen LogP contribution in [0.1, 0.15) is 51.0 Å². The van der Waals surface area contributed by atoms with Crippen molar-refractivity contribution in [2.75, 3.05) is 26.2 Å². The fraction of sp³-hybridized carbons (Fsp3) is 0.609. The van der Waals surface area contributed by atoms with Gasteiger partial charge in [-0.2, -0.15) is 0 Å². The van der Waals surface area contributed by atoms with Gasteiger partial charge in [-0.3, -0.25) is 4.79 Å². The quantitative estimate of drug-likeness (QED) is 0.852. The van der Waals surface area contributed by atoms with E-state index in [-0.39, 0.29) is 24.2 Å². The molecule has 4 rings (SSSR count). The second-order valence-electron chi connectivity index (χ2n) is 8.85. The molecule has 0 radical (unpaired) electrons. The van der Waals surface area contributed by atoms with Crippen LogP contribution in [0.25, 0.3) is 10.9 Å². The molecular formula is C23H33N3O3. The van der Waals surface area contributed by atoms with Gasteiger partial charge in [0.05, 0.1) is 12.2 Å². The molecule has 2 unspecified atom stereocenters. The van der Waals surface area contributed by atoms with Gasteiger partial charge in [-0.25, -0.2) is 0 Å². The average molecular weight is 400 g/mol. The lowest BCUT2D eigenvalue weighted by atomic mass is 10.1. The first-order chi connectivity index (χ1) is 13.9. The zero-order valence-corrected chi connectivity index (χ0v) is 18.0. The Bertz CT molecular complexity index is 844. The highest BCUT2D eigenvalue weighted by molar-refractivity contribution is 5.98. The lowest BCUT2D eigenvalue weighted by Crippen LogP contribution is -2.48. The van der Waals surface area contributed by atoms with Crippen molar-refractivity contribution in [1.82, 2.24) is 14.8 Å². The summed E-state index contributed by atoms with van der Waals surface area (Å²) in [5.74, 6) is 0.904. The highest BCUT2D eigenvalue weighted by Gasteiger charge is 2.27. The van der Waals surface area contributed by atoms with Crippen LogP contribution >= 0.6 is 0 Å². The third kappa shape index (κ3) is 4.59. The molecule has 1 aromatic heterocycles. The first kappa shape index (κ1) is 20.2. The molecule has 1 N–H and O–H groups in total. The molecule has 2 aromatic rings. The van der Waals surface area contributed by atoms with Crippen LogP contribution in [-0.4, -0.2) is 71.2 Å². The Balaban J connectivity index is 1.43. The summed E-state index contributed by atoms with van der Waals surface area (Å²) in [5.41, 5.74) is 1.57. The van der Waals surface area contributed by atoms with E-state index in [1.807, 2.05) is 43.0 Å². The Morgan fingerprint density at radius 2 is 1.83 bits per heavy atom. The third-order valence-corrected chi connectivity index (χ3v) is 6.04. The van der Waals surface area contributed by atoms with Gasteiger partial charge in [0, 0.05) is 49.2 Å². The van der Waals surface area contributed by atoms with Crippen molar-refractivity contribution in [3.8, 4) is 5.75 Å². The number of hydrogen-bond donors (Lipinski definition) is 1. The predicted molar refractivity (Wildman–Crippen MR) is 115 cm³/mol. The molecule has 158 valence electrons. The van der Waals surface area contributed by atoms with Crippen LogP contribution in [0.5, 0.6) is 5.75 Å². The number of aromatic amines is 1. The zero-order chi connectivity index (χ0) is 20.5. The fourth-order valence-electron chi connectivity index (χ4n) is 4.51. The number of ether oxygens (including phenoxy) is 2. The smallest absolute Gasteiger partial charge is 0.270 e. The molecule has 1 aromatic carbocycles. The largest absolute Gasteiger partial charge is 0.490 e. The van der Waals surface area contributed by atoms with Crippen molar-refractivity contribution in [1.29, 1.82) is 0 Å². The van der Waals surface area contributed by atoms with Gasteiger partial charge < -0.3 is 24.3 Å². The van der Waals surface area contributed by atoms with E-state index in [0.717, 1.165) is 42.6 Å². The lowest BCUT2D eigenvalue weighted by molar-refractivity contribution is -0.0587. The highest BCUT2D eigenvalue weighted by Crippen LogP contribution is 2.26. The summed E-state index contributed by atoms with van der Waals surface area (Å²) >= 11 is 0. The van der Waals surface area contributed by atoms with E-state index in [1.54, 1.807) is 0 Å². The molecule has 0 saturated carbocycles. The number of likely N-dealkylation sites (tertiary alicyclic amines) is 1. The van der Waals surface area contributed by atoms with Crippen LogP contribution in [0.3, 0.4) is 0 Å². The summed E-state index contributed by atoms with van der Waals surface area (Å²) < 4.78 is 12.0. The van der Waals surface area contributed by atoms with E-state index in [4.69, 9.17) is 9.47 Å². The molecular weight excluding hydrogens is 366 g/mol. The van der Waals surface area contributed by atoms with Crippen LogP contribution in [-0.2, 0) is 4.74 Å². The van der Waals surface area contributed by atoms with E-state index in [1.165, 1.54) is 0 Å². The molecule has 29 heavy (non-hydrogen) atoms. The minimum atomic E-state index is 0.0340. The van der Waals surface area contributed by atoms with Crippen LogP contribution in [0.4, 0.5) is 0 Å². The Morgan fingerprint density at radius 3 is 2.48 bits per heavy atom. The van der Waals surface area contributed by atoms with Gasteiger partial charge in [-0.05, 0) is 58.7 Å². The first-order valence-electron chi connectivity index (χ1n) is 10.9. The number of nitrogens with one attached hydrogen (secondary N) is 1. The molecule has 2 saturated heterocycles. The number of H-pyrrole nitrogens is 1. The van der Waals surface area contributed by atoms with Crippen molar-refractivity contribution in [3.63, 3.8) is 0 Å². The van der Waals surface area contributed by atoms with Gasteiger partial charge in [0.15, 0.2) is 0 Å². The van der Waals surface area contributed by atoms with E-state index in [0.29, 0.717) is 24.8 Å². The van der Waals surface area contributed by atoms with Crippen LogP contribution in [0.15, 0.2) is 24.3 Å². The minimum Gasteiger partial charge on any atom is -0.490 e. The SMILES string of the molecule is CC1CN(C(=O)c2cc3ccc(OC4CCN(C(C)C)CC4)cc3[nH]2)CC(C)O1. The Hall–Kier alpha value is -2.05. The molecule has 2 aliphatic heterocycles. The Kier molecular flexibility index (Phi) is 5.83. The number of rotatable bonds is 4. The second-order valence-corrected chi connectivity index (χ2v) is 8.85. The van der Waals surface area contributed by atoms with Crippen molar-refractivity contribution >= 4 is 16.8 Å². The molecule has 0 bridgehead atoms. The van der Waals surface area contributed by atoms with Gasteiger partial charge in [0.1, 0.15) is 17.5 Å². The number of fused-ring (bicyclic) bond motifs is 1. The molecule has 6 nitrogen and oxygen atoms in total. The number of aromatic nitrogens is 1. The summed E-state index contributed by atoms with van der Waals surface area (Å²) in [7, 11) is 0. The van der Waals surface area contributed by atoms with Gasteiger partial charge in [0.25, 0.3) is 5.91 Å². The van der Waals surface area contributed by atoms with E-state index < -0.39 is 0 Å². The number of nitrogens with zero attached hydrogens (tertiary/aromatic N) is 2. The molecule has 0 spiro atoms. The van der Waals surface area contributed by atoms with Crippen molar-refractivity contribution in [3.05, 3.63) is 30.0 Å². The minimum absolute atomic E-state index is 0.0340. The molecule has 2 fully saturated rings.